The molecule has 0 aliphatic rings. The van der Waals surface area contributed by atoms with E-state index >= 15 is 0 Å². The molecule has 1 heterocycles. The molecule has 0 saturated heterocycles. The van der Waals surface area contributed by atoms with Gasteiger partial charge < -0.3 is 9.52 Å². The van der Waals surface area contributed by atoms with Crippen LogP contribution in [-0.4, -0.2) is 22.6 Å². The molecule has 5 rings (SSSR count). The average molecular weight is 537 g/mol. The van der Waals surface area contributed by atoms with E-state index in [0.717, 1.165) is 44.2 Å². The van der Waals surface area contributed by atoms with Gasteiger partial charge in [0.2, 0.25) is 0 Å². The van der Waals surface area contributed by atoms with Gasteiger partial charge in [0.15, 0.2) is 5.78 Å². The summed E-state index contributed by atoms with van der Waals surface area (Å²) in [6, 6.07) is 27.9. The maximum absolute atomic E-state index is 13.5. The zero-order valence-electron chi connectivity index (χ0n) is 22.7. The number of carbonyl (C=O) groups is 2. The van der Waals surface area contributed by atoms with Crippen molar-refractivity contribution in [3.8, 4) is 11.1 Å². The van der Waals surface area contributed by atoms with Crippen LogP contribution in [0.1, 0.15) is 54.7 Å². The van der Waals surface area contributed by atoms with Crippen molar-refractivity contribution in [2.24, 2.45) is 5.92 Å². The van der Waals surface area contributed by atoms with Gasteiger partial charge in [0, 0.05) is 39.0 Å². The van der Waals surface area contributed by atoms with E-state index in [-0.39, 0.29) is 17.1 Å². The van der Waals surface area contributed by atoms with Gasteiger partial charge in [0.1, 0.15) is 11.2 Å². The molecule has 0 radical (unpaired) electrons. The molecular formula is C34H32O4S. The molecule has 1 unspecified atom stereocenters. The number of carboxylic acids is 1. The summed E-state index contributed by atoms with van der Waals surface area (Å²) in [5.74, 6) is 0.0860. The predicted octanol–water partition coefficient (Wildman–Crippen LogP) is 8.74. The highest BCUT2D eigenvalue weighted by atomic mass is 32.2. The van der Waals surface area contributed by atoms with Gasteiger partial charge in [0.25, 0.3) is 0 Å². The number of fused-ring (bicyclic) bond motifs is 3. The molecule has 198 valence electrons. The number of furan rings is 1. The molecule has 4 nitrogen and oxygen atoms in total. The molecule has 0 spiro atoms. The average Bonchev–Trinajstić information content (AvgIpc) is 3.31. The van der Waals surface area contributed by atoms with Crippen LogP contribution in [0.2, 0.25) is 0 Å². The van der Waals surface area contributed by atoms with E-state index in [0.29, 0.717) is 22.6 Å². The van der Waals surface area contributed by atoms with E-state index in [1.54, 1.807) is 18.7 Å². The number of benzene rings is 4. The number of ketones is 1. The monoisotopic (exact) mass is 536 g/mol. The second kappa shape index (κ2) is 10.7. The number of rotatable bonds is 8. The molecule has 1 aromatic heterocycles. The van der Waals surface area contributed by atoms with Crippen molar-refractivity contribution in [1.29, 1.82) is 0 Å². The summed E-state index contributed by atoms with van der Waals surface area (Å²) in [7, 11) is 0. The van der Waals surface area contributed by atoms with Crippen molar-refractivity contribution in [2.75, 3.05) is 5.75 Å². The molecule has 4 aromatic carbocycles. The fraction of sp³-hybridized carbons (Fsp3) is 0.235. The first kappa shape index (κ1) is 26.8. The Bertz CT molecular complexity index is 1670. The first-order valence-electron chi connectivity index (χ1n) is 13.1. The highest BCUT2D eigenvalue weighted by Crippen LogP contribution is 2.40. The maximum atomic E-state index is 13.5. The van der Waals surface area contributed by atoms with Gasteiger partial charge in [-0.15, -0.1) is 0 Å². The molecule has 39 heavy (non-hydrogen) atoms. The number of para-hydroxylation sites is 2. The molecule has 5 aromatic rings. The van der Waals surface area contributed by atoms with Crippen LogP contribution >= 0.6 is 11.8 Å². The van der Waals surface area contributed by atoms with Crippen molar-refractivity contribution >= 4 is 45.5 Å². The molecule has 0 aliphatic heterocycles. The van der Waals surface area contributed by atoms with Crippen LogP contribution in [0.3, 0.4) is 0 Å². The molecular weight excluding hydrogens is 504 g/mol. The Kier molecular flexibility index (Phi) is 7.37. The van der Waals surface area contributed by atoms with Crippen molar-refractivity contribution in [1.82, 2.24) is 0 Å². The smallest absolute Gasteiger partial charge is 0.307 e. The number of hydrogen-bond donors (Lipinski definition) is 1. The summed E-state index contributed by atoms with van der Waals surface area (Å²) in [5.41, 5.74) is 7.04. The zero-order valence-corrected chi connectivity index (χ0v) is 23.5. The zero-order chi connectivity index (χ0) is 27.7. The lowest BCUT2D eigenvalue weighted by Gasteiger charge is -2.24. The van der Waals surface area contributed by atoms with Crippen LogP contribution in [0.15, 0.2) is 89.3 Å². The number of carboxylic acid groups (broad SMARTS) is 1. The van der Waals surface area contributed by atoms with E-state index in [1.807, 2.05) is 60.7 Å². The molecule has 0 saturated carbocycles. The quantitative estimate of drug-likeness (QED) is 0.201. The maximum Gasteiger partial charge on any atom is 0.307 e. The Morgan fingerprint density at radius 3 is 2.26 bits per heavy atom. The van der Waals surface area contributed by atoms with E-state index in [1.165, 1.54) is 0 Å². The predicted molar refractivity (Wildman–Crippen MR) is 161 cm³/mol. The molecule has 0 bridgehead atoms. The Hall–Kier alpha value is -3.83. The molecule has 5 heteroatoms. The Morgan fingerprint density at radius 1 is 0.846 bits per heavy atom. The highest BCUT2D eigenvalue weighted by Gasteiger charge is 2.23. The van der Waals surface area contributed by atoms with Crippen molar-refractivity contribution in [2.45, 2.75) is 38.9 Å². The lowest BCUT2D eigenvalue weighted by atomic mass is 9.80. The molecule has 1 N–H and O–H groups in total. The van der Waals surface area contributed by atoms with Crippen LogP contribution in [0.25, 0.3) is 33.1 Å². The summed E-state index contributed by atoms with van der Waals surface area (Å²) in [4.78, 5) is 24.5. The Balaban J connectivity index is 1.45. The number of carbonyl (C=O) groups excluding carboxylic acids is 1. The minimum Gasteiger partial charge on any atom is -0.481 e. The molecule has 0 aliphatic carbocycles. The fourth-order valence-corrected chi connectivity index (χ4v) is 5.89. The van der Waals surface area contributed by atoms with E-state index in [4.69, 9.17) is 9.52 Å². The van der Waals surface area contributed by atoms with E-state index in [9.17, 15) is 9.59 Å². The van der Waals surface area contributed by atoms with Crippen LogP contribution in [-0.2, 0) is 16.0 Å². The minimum absolute atomic E-state index is 0.0206. The van der Waals surface area contributed by atoms with Gasteiger partial charge in [-0.05, 0) is 34.2 Å². The Labute approximate surface area is 233 Å². The van der Waals surface area contributed by atoms with Crippen LogP contribution in [0, 0.1) is 5.92 Å². The third-order valence-electron chi connectivity index (χ3n) is 7.06. The molecule has 0 amide bonds. The first-order valence-corrected chi connectivity index (χ1v) is 14.3. The van der Waals surface area contributed by atoms with Crippen LogP contribution < -0.4 is 0 Å². The van der Waals surface area contributed by atoms with Crippen molar-refractivity contribution in [3.05, 3.63) is 107 Å². The summed E-state index contributed by atoms with van der Waals surface area (Å²) in [5, 5.41) is 11.2. The second-order valence-electron chi connectivity index (χ2n) is 11.1. The second-order valence-corrected chi connectivity index (χ2v) is 12.1. The standard InChI is InChI=1S/C34H32O4S/c1-21(33(36)37)19-39-20-22-12-14-23(15-13-22)31(35)24-16-17-25(29(18-24)34(2,3)4)27-9-7-10-28-26-8-5-6-11-30(26)38-32(27)28/h5-18,21H,19-20H2,1-4H3,(H,36,37). The fourth-order valence-electron chi connectivity index (χ4n) is 4.84. The van der Waals surface area contributed by atoms with Crippen molar-refractivity contribution < 1.29 is 19.1 Å². The number of hydrogen-bond acceptors (Lipinski definition) is 4. The van der Waals surface area contributed by atoms with Crippen molar-refractivity contribution in [3.63, 3.8) is 0 Å². The normalized spacial score (nSPS) is 12.6. The Morgan fingerprint density at radius 2 is 1.54 bits per heavy atom. The van der Waals surface area contributed by atoms with Gasteiger partial charge in [-0.1, -0.05) is 100 Å². The van der Waals surface area contributed by atoms with Crippen LogP contribution in [0.5, 0.6) is 0 Å². The summed E-state index contributed by atoms with van der Waals surface area (Å²) in [6.07, 6.45) is 0. The number of thioether (sulfide) groups is 1. The number of aliphatic carboxylic acids is 1. The van der Waals surface area contributed by atoms with Gasteiger partial charge >= 0.3 is 5.97 Å². The lowest BCUT2D eigenvalue weighted by Crippen LogP contribution is -2.14. The van der Waals surface area contributed by atoms with E-state index in [2.05, 4.69) is 45.0 Å². The minimum atomic E-state index is -0.779. The third kappa shape index (κ3) is 5.50. The van der Waals surface area contributed by atoms with Gasteiger partial charge in [-0.25, -0.2) is 0 Å². The first-order chi connectivity index (χ1) is 18.6. The van der Waals surface area contributed by atoms with Crippen LogP contribution in [0.4, 0.5) is 0 Å². The largest absolute Gasteiger partial charge is 0.481 e. The SMILES string of the molecule is CC(CSCc1ccc(C(=O)c2ccc(-c3cccc4c3oc3ccccc34)c(C(C)(C)C)c2)cc1)C(=O)O. The molecule has 1 atom stereocenters. The highest BCUT2D eigenvalue weighted by molar-refractivity contribution is 7.98. The summed E-state index contributed by atoms with van der Waals surface area (Å²) >= 11 is 1.59. The topological polar surface area (TPSA) is 67.5 Å². The van der Waals surface area contributed by atoms with Gasteiger partial charge in [0.05, 0.1) is 5.92 Å². The van der Waals surface area contributed by atoms with E-state index < -0.39 is 5.97 Å². The summed E-state index contributed by atoms with van der Waals surface area (Å²) < 4.78 is 6.32. The lowest BCUT2D eigenvalue weighted by molar-refractivity contribution is -0.140. The van der Waals surface area contributed by atoms with Gasteiger partial charge in [-0.3, -0.25) is 9.59 Å². The summed E-state index contributed by atoms with van der Waals surface area (Å²) in [6.45, 7) is 8.20. The third-order valence-corrected chi connectivity index (χ3v) is 8.33. The molecule has 0 fully saturated rings. The van der Waals surface area contributed by atoms with Gasteiger partial charge in [-0.2, -0.15) is 11.8 Å².